The van der Waals surface area contributed by atoms with E-state index in [0.717, 1.165) is 24.2 Å². The van der Waals surface area contributed by atoms with Crippen molar-refractivity contribution < 1.29 is 8.42 Å². The third-order valence-electron chi connectivity index (χ3n) is 3.63. The van der Waals surface area contributed by atoms with Gasteiger partial charge >= 0.3 is 0 Å². The molecule has 2 N–H and O–H groups in total. The maximum atomic E-state index is 12.1. The summed E-state index contributed by atoms with van der Waals surface area (Å²) in [5.74, 6) is 0. The van der Waals surface area contributed by atoms with Crippen molar-refractivity contribution >= 4 is 10.2 Å². The van der Waals surface area contributed by atoms with Crippen molar-refractivity contribution in [3.8, 4) is 0 Å². The summed E-state index contributed by atoms with van der Waals surface area (Å²) in [6.07, 6.45) is 5.15. The SMILES string of the molecule is Cc1nn(C)cc1CNS(=O)(=O)N(C)CCCNC1CC1. The van der Waals surface area contributed by atoms with E-state index in [2.05, 4.69) is 15.1 Å². The van der Waals surface area contributed by atoms with E-state index in [1.54, 1.807) is 11.7 Å². The molecule has 0 spiro atoms. The van der Waals surface area contributed by atoms with Crippen LogP contribution in [-0.4, -0.2) is 48.7 Å². The van der Waals surface area contributed by atoms with Crippen LogP contribution in [0.1, 0.15) is 30.5 Å². The van der Waals surface area contributed by atoms with Crippen LogP contribution in [0.2, 0.25) is 0 Å². The summed E-state index contributed by atoms with van der Waals surface area (Å²) < 4.78 is 29.9. The lowest BCUT2D eigenvalue weighted by Crippen LogP contribution is -2.39. The molecular formula is C13H25N5O2S. The predicted molar refractivity (Wildman–Crippen MR) is 82.0 cm³/mol. The number of nitrogens with one attached hydrogen (secondary N) is 2. The predicted octanol–water partition coefficient (Wildman–Crippen LogP) is 0.137. The second-order valence-electron chi connectivity index (χ2n) is 5.64. The summed E-state index contributed by atoms with van der Waals surface area (Å²) in [6, 6.07) is 0.665. The highest BCUT2D eigenvalue weighted by Gasteiger charge is 2.21. The lowest BCUT2D eigenvalue weighted by Gasteiger charge is -2.17. The van der Waals surface area contributed by atoms with Gasteiger partial charge in [0, 0.05) is 45.0 Å². The second-order valence-corrected chi connectivity index (χ2v) is 7.51. The fraction of sp³-hybridized carbons (Fsp3) is 0.769. The molecule has 0 unspecified atom stereocenters. The van der Waals surface area contributed by atoms with Gasteiger partial charge in [0.1, 0.15) is 0 Å². The third kappa shape index (κ3) is 5.06. The molecule has 120 valence electrons. The molecule has 0 atom stereocenters. The van der Waals surface area contributed by atoms with Gasteiger partial charge in [-0.15, -0.1) is 0 Å². The summed E-state index contributed by atoms with van der Waals surface area (Å²) in [5, 5.41) is 7.58. The van der Waals surface area contributed by atoms with Crippen LogP contribution in [-0.2, 0) is 23.8 Å². The minimum Gasteiger partial charge on any atom is -0.314 e. The highest BCUT2D eigenvalue weighted by Crippen LogP contribution is 2.18. The van der Waals surface area contributed by atoms with Crippen molar-refractivity contribution in [3.63, 3.8) is 0 Å². The minimum atomic E-state index is -3.43. The first-order valence-corrected chi connectivity index (χ1v) is 8.76. The molecule has 2 rings (SSSR count). The van der Waals surface area contributed by atoms with E-state index in [1.807, 2.05) is 20.2 Å². The lowest BCUT2D eigenvalue weighted by atomic mass is 10.3. The molecule has 21 heavy (non-hydrogen) atoms. The van der Waals surface area contributed by atoms with Gasteiger partial charge in [-0.25, -0.2) is 0 Å². The second kappa shape index (κ2) is 6.87. The first-order chi connectivity index (χ1) is 9.88. The standard InChI is InChI=1S/C13H25N5O2S/c1-11-12(10-17(2)16-11)9-15-21(19,20)18(3)8-4-7-14-13-5-6-13/h10,13-15H,4-9H2,1-3H3. The normalized spacial score (nSPS) is 15.8. The van der Waals surface area contributed by atoms with E-state index in [4.69, 9.17) is 0 Å². The monoisotopic (exact) mass is 315 g/mol. The summed E-state index contributed by atoms with van der Waals surface area (Å²) in [6.45, 7) is 3.52. The van der Waals surface area contributed by atoms with Gasteiger partial charge in [0.05, 0.1) is 5.69 Å². The Labute approximate surface area is 126 Å². The van der Waals surface area contributed by atoms with Gasteiger partial charge in [-0.1, -0.05) is 0 Å². The lowest BCUT2D eigenvalue weighted by molar-refractivity contribution is 0.444. The number of hydrogen-bond acceptors (Lipinski definition) is 4. The molecule has 0 amide bonds. The van der Waals surface area contributed by atoms with Crippen molar-refractivity contribution in [1.29, 1.82) is 0 Å². The molecule has 1 aromatic heterocycles. The molecular weight excluding hydrogens is 290 g/mol. The Bertz CT molecular complexity index is 565. The molecule has 1 fully saturated rings. The van der Waals surface area contributed by atoms with E-state index >= 15 is 0 Å². The first kappa shape index (κ1) is 16.4. The van der Waals surface area contributed by atoms with Gasteiger partial charge in [-0.2, -0.15) is 22.5 Å². The zero-order valence-electron chi connectivity index (χ0n) is 13.0. The molecule has 1 heterocycles. The van der Waals surface area contributed by atoms with Crippen LogP contribution in [0, 0.1) is 6.92 Å². The van der Waals surface area contributed by atoms with Crippen LogP contribution in [0.3, 0.4) is 0 Å². The van der Waals surface area contributed by atoms with E-state index in [-0.39, 0.29) is 6.54 Å². The highest BCUT2D eigenvalue weighted by atomic mass is 32.2. The Morgan fingerprint density at radius 2 is 2.19 bits per heavy atom. The Morgan fingerprint density at radius 1 is 1.48 bits per heavy atom. The van der Waals surface area contributed by atoms with E-state index < -0.39 is 10.2 Å². The molecule has 8 heteroatoms. The van der Waals surface area contributed by atoms with Crippen LogP contribution < -0.4 is 10.0 Å². The fourth-order valence-corrected chi connectivity index (χ4v) is 3.04. The Kier molecular flexibility index (Phi) is 5.37. The molecule has 1 aromatic rings. The van der Waals surface area contributed by atoms with Gasteiger partial charge in [0.15, 0.2) is 0 Å². The molecule has 0 aromatic carbocycles. The van der Waals surface area contributed by atoms with Crippen LogP contribution in [0.5, 0.6) is 0 Å². The van der Waals surface area contributed by atoms with Crippen molar-refractivity contribution in [2.45, 2.75) is 38.8 Å². The molecule has 1 aliphatic carbocycles. The zero-order valence-corrected chi connectivity index (χ0v) is 13.8. The summed E-state index contributed by atoms with van der Waals surface area (Å²) in [7, 11) is -0.00244. The van der Waals surface area contributed by atoms with Crippen molar-refractivity contribution in [3.05, 3.63) is 17.5 Å². The summed E-state index contributed by atoms with van der Waals surface area (Å²) in [4.78, 5) is 0. The molecule has 0 saturated heterocycles. The Morgan fingerprint density at radius 3 is 2.76 bits per heavy atom. The highest BCUT2D eigenvalue weighted by molar-refractivity contribution is 7.87. The van der Waals surface area contributed by atoms with Crippen LogP contribution in [0.15, 0.2) is 6.20 Å². The van der Waals surface area contributed by atoms with Gasteiger partial charge in [0.25, 0.3) is 10.2 Å². The first-order valence-electron chi connectivity index (χ1n) is 7.32. The van der Waals surface area contributed by atoms with E-state index in [9.17, 15) is 8.42 Å². The third-order valence-corrected chi connectivity index (χ3v) is 5.14. The molecule has 1 saturated carbocycles. The quantitative estimate of drug-likeness (QED) is 0.635. The van der Waals surface area contributed by atoms with Crippen LogP contribution in [0.4, 0.5) is 0 Å². The van der Waals surface area contributed by atoms with Crippen molar-refractivity contribution in [2.75, 3.05) is 20.1 Å². The zero-order chi connectivity index (χ0) is 15.5. The maximum Gasteiger partial charge on any atom is 0.279 e. The number of rotatable bonds is 9. The number of nitrogens with zero attached hydrogens (tertiary/aromatic N) is 3. The average molecular weight is 315 g/mol. The average Bonchev–Trinajstić information content (AvgIpc) is 3.17. The molecule has 0 bridgehead atoms. The number of hydrogen-bond donors (Lipinski definition) is 2. The van der Waals surface area contributed by atoms with Crippen LogP contribution in [0.25, 0.3) is 0 Å². The Balaban J connectivity index is 1.75. The van der Waals surface area contributed by atoms with Gasteiger partial charge in [0.2, 0.25) is 0 Å². The van der Waals surface area contributed by atoms with E-state index in [1.165, 1.54) is 17.1 Å². The maximum absolute atomic E-state index is 12.1. The fourth-order valence-electron chi connectivity index (χ4n) is 2.12. The molecule has 1 aliphatic rings. The minimum absolute atomic E-state index is 0.271. The summed E-state index contributed by atoms with van der Waals surface area (Å²) >= 11 is 0. The Hall–Kier alpha value is -0.960. The van der Waals surface area contributed by atoms with E-state index in [0.29, 0.717) is 12.6 Å². The van der Waals surface area contributed by atoms with Gasteiger partial charge < -0.3 is 5.32 Å². The van der Waals surface area contributed by atoms with Gasteiger partial charge in [-0.05, 0) is 32.7 Å². The smallest absolute Gasteiger partial charge is 0.279 e. The van der Waals surface area contributed by atoms with Crippen molar-refractivity contribution in [2.24, 2.45) is 7.05 Å². The molecule has 7 nitrogen and oxygen atoms in total. The van der Waals surface area contributed by atoms with Crippen molar-refractivity contribution in [1.82, 2.24) is 24.1 Å². The summed E-state index contributed by atoms with van der Waals surface area (Å²) in [5.41, 5.74) is 1.74. The molecule has 0 aliphatic heterocycles. The number of aryl methyl sites for hydroxylation is 2. The van der Waals surface area contributed by atoms with Gasteiger partial charge in [-0.3, -0.25) is 4.68 Å². The topological polar surface area (TPSA) is 79.3 Å². The molecule has 0 radical (unpaired) electrons. The van der Waals surface area contributed by atoms with Crippen LogP contribution >= 0.6 is 0 Å². The number of aromatic nitrogens is 2. The largest absolute Gasteiger partial charge is 0.314 e.